The third-order valence-electron chi connectivity index (χ3n) is 4.64. The lowest BCUT2D eigenvalue weighted by Crippen LogP contribution is -2.31. The monoisotopic (exact) mass is 414 g/mol. The van der Waals surface area contributed by atoms with E-state index in [1.807, 2.05) is 24.3 Å². The predicted molar refractivity (Wildman–Crippen MR) is 103 cm³/mol. The molecule has 5 nitrogen and oxygen atoms in total. The number of carbonyl (C=O) groups excluding carboxylic acids is 1. The van der Waals surface area contributed by atoms with Crippen molar-refractivity contribution in [2.45, 2.75) is 12.9 Å². The zero-order chi connectivity index (χ0) is 21.1. The van der Waals surface area contributed by atoms with Gasteiger partial charge >= 0.3 is 6.36 Å². The Morgan fingerprint density at radius 2 is 1.83 bits per heavy atom. The predicted octanol–water partition coefficient (Wildman–Crippen LogP) is 4.68. The number of rotatable bonds is 4. The maximum Gasteiger partial charge on any atom is 0.573 e. The number of aromatic nitrogens is 1. The van der Waals surface area contributed by atoms with Crippen LogP contribution in [0.5, 0.6) is 11.5 Å². The van der Waals surface area contributed by atoms with Crippen molar-refractivity contribution >= 4 is 5.91 Å². The molecule has 0 fully saturated rings. The maximum absolute atomic E-state index is 13.0. The van der Waals surface area contributed by atoms with Crippen LogP contribution in [0.3, 0.4) is 0 Å². The van der Waals surface area contributed by atoms with Gasteiger partial charge in [-0.05, 0) is 53.1 Å². The molecule has 3 aromatic rings. The van der Waals surface area contributed by atoms with Crippen LogP contribution in [0, 0.1) is 0 Å². The smallest absolute Gasteiger partial charge is 0.491 e. The molecule has 4 rings (SSSR count). The Bertz CT molecular complexity index is 1050. The Balaban J connectivity index is 1.55. The first-order valence-electron chi connectivity index (χ1n) is 9.20. The number of hydrogen-bond acceptors (Lipinski definition) is 4. The maximum atomic E-state index is 13.0. The van der Waals surface area contributed by atoms with Gasteiger partial charge < -0.3 is 14.4 Å². The van der Waals surface area contributed by atoms with Crippen LogP contribution in [-0.2, 0) is 6.54 Å². The van der Waals surface area contributed by atoms with Gasteiger partial charge in [0.15, 0.2) is 0 Å². The number of halogens is 3. The third-order valence-corrected chi connectivity index (χ3v) is 4.64. The van der Waals surface area contributed by atoms with Crippen LogP contribution in [0.25, 0.3) is 11.1 Å². The SMILES string of the molecule is O=C1c2ccc(-c3ccncc3)cc2OCCN1Cc1cccc(OC(F)(F)F)c1. The molecule has 0 atom stereocenters. The highest BCUT2D eigenvalue weighted by Gasteiger charge is 2.31. The molecular weight excluding hydrogens is 397 g/mol. The molecule has 1 aliphatic rings. The lowest BCUT2D eigenvalue weighted by molar-refractivity contribution is -0.274. The minimum atomic E-state index is -4.77. The van der Waals surface area contributed by atoms with E-state index in [2.05, 4.69) is 9.72 Å². The van der Waals surface area contributed by atoms with Crippen molar-refractivity contribution in [2.24, 2.45) is 0 Å². The Hall–Kier alpha value is -3.55. The Morgan fingerprint density at radius 1 is 1.03 bits per heavy atom. The molecule has 1 aliphatic heterocycles. The molecule has 0 bridgehead atoms. The third kappa shape index (κ3) is 4.53. The topological polar surface area (TPSA) is 51.7 Å². The average Bonchev–Trinajstić information content (AvgIpc) is 2.86. The molecule has 0 aliphatic carbocycles. The van der Waals surface area contributed by atoms with Crippen LogP contribution >= 0.6 is 0 Å². The lowest BCUT2D eigenvalue weighted by atomic mass is 10.0. The summed E-state index contributed by atoms with van der Waals surface area (Å²) in [5, 5.41) is 0. The van der Waals surface area contributed by atoms with Gasteiger partial charge in [0.1, 0.15) is 18.1 Å². The molecule has 0 unspecified atom stereocenters. The van der Waals surface area contributed by atoms with E-state index in [9.17, 15) is 18.0 Å². The fourth-order valence-corrected chi connectivity index (χ4v) is 3.29. The molecule has 0 N–H and O–H groups in total. The van der Waals surface area contributed by atoms with Crippen LogP contribution in [0.4, 0.5) is 13.2 Å². The summed E-state index contributed by atoms with van der Waals surface area (Å²) in [6.45, 7) is 0.725. The van der Waals surface area contributed by atoms with E-state index in [0.29, 0.717) is 23.4 Å². The molecule has 0 saturated carbocycles. The lowest BCUT2D eigenvalue weighted by Gasteiger charge is -2.20. The number of carbonyl (C=O) groups is 1. The van der Waals surface area contributed by atoms with Gasteiger partial charge in [-0.25, -0.2) is 0 Å². The Kier molecular flexibility index (Phi) is 5.31. The number of hydrogen-bond donors (Lipinski definition) is 0. The van der Waals surface area contributed by atoms with Gasteiger partial charge in [-0.2, -0.15) is 0 Å². The van der Waals surface area contributed by atoms with Gasteiger partial charge in [0.25, 0.3) is 5.91 Å². The van der Waals surface area contributed by atoms with Gasteiger partial charge in [-0.1, -0.05) is 18.2 Å². The number of ether oxygens (including phenoxy) is 2. The second-order valence-electron chi connectivity index (χ2n) is 6.72. The minimum absolute atomic E-state index is 0.142. The molecule has 0 radical (unpaired) electrons. The highest BCUT2D eigenvalue weighted by atomic mass is 19.4. The van der Waals surface area contributed by atoms with Gasteiger partial charge in [-0.3, -0.25) is 9.78 Å². The number of amides is 1. The minimum Gasteiger partial charge on any atom is -0.491 e. The van der Waals surface area contributed by atoms with Gasteiger partial charge in [0.2, 0.25) is 0 Å². The molecule has 30 heavy (non-hydrogen) atoms. The van der Waals surface area contributed by atoms with Crippen LogP contribution in [0.1, 0.15) is 15.9 Å². The molecule has 1 amide bonds. The summed E-state index contributed by atoms with van der Waals surface area (Å²) in [4.78, 5) is 18.6. The number of fused-ring (bicyclic) bond motifs is 1. The second kappa shape index (κ2) is 8.06. The summed E-state index contributed by atoms with van der Waals surface area (Å²) < 4.78 is 47.1. The summed E-state index contributed by atoms with van der Waals surface area (Å²) in [5.41, 5.74) is 2.79. The first kappa shape index (κ1) is 19.8. The molecule has 0 saturated heterocycles. The average molecular weight is 414 g/mol. The van der Waals surface area contributed by atoms with E-state index in [1.165, 1.54) is 18.2 Å². The Morgan fingerprint density at radius 3 is 2.60 bits per heavy atom. The second-order valence-corrected chi connectivity index (χ2v) is 6.72. The van der Waals surface area contributed by atoms with E-state index < -0.39 is 6.36 Å². The first-order chi connectivity index (χ1) is 14.4. The summed E-state index contributed by atoms with van der Waals surface area (Å²) in [7, 11) is 0. The normalized spacial score (nSPS) is 14.0. The van der Waals surface area contributed by atoms with Gasteiger partial charge in [0, 0.05) is 18.9 Å². The quantitative estimate of drug-likeness (QED) is 0.622. The van der Waals surface area contributed by atoms with Gasteiger partial charge in [0.05, 0.1) is 12.1 Å². The highest BCUT2D eigenvalue weighted by Crippen LogP contribution is 2.30. The first-order valence-corrected chi connectivity index (χ1v) is 9.20. The zero-order valence-electron chi connectivity index (χ0n) is 15.7. The number of alkyl halides is 3. The molecule has 2 heterocycles. The molecular formula is C22H17F3N2O3. The van der Waals surface area contributed by atoms with Crippen LogP contribution in [-0.4, -0.2) is 35.3 Å². The fourth-order valence-electron chi connectivity index (χ4n) is 3.29. The van der Waals surface area contributed by atoms with Crippen molar-refractivity contribution in [3.05, 3.63) is 78.1 Å². The van der Waals surface area contributed by atoms with Crippen molar-refractivity contribution in [1.29, 1.82) is 0 Å². The molecule has 8 heteroatoms. The molecule has 1 aromatic heterocycles. The molecule has 0 spiro atoms. The van der Waals surface area contributed by atoms with Crippen LogP contribution < -0.4 is 9.47 Å². The van der Waals surface area contributed by atoms with E-state index in [4.69, 9.17) is 4.74 Å². The van der Waals surface area contributed by atoms with E-state index in [0.717, 1.165) is 11.1 Å². The van der Waals surface area contributed by atoms with Crippen LogP contribution in [0.15, 0.2) is 67.0 Å². The van der Waals surface area contributed by atoms with Crippen molar-refractivity contribution in [2.75, 3.05) is 13.2 Å². The largest absolute Gasteiger partial charge is 0.573 e. The Labute approximate surface area is 170 Å². The van der Waals surface area contributed by atoms with Crippen molar-refractivity contribution < 1.29 is 27.4 Å². The molecule has 2 aromatic carbocycles. The summed E-state index contributed by atoms with van der Waals surface area (Å²) in [6.07, 6.45) is -1.40. The summed E-state index contributed by atoms with van der Waals surface area (Å²) in [6, 6.07) is 14.7. The van der Waals surface area contributed by atoms with Crippen molar-refractivity contribution in [3.63, 3.8) is 0 Å². The van der Waals surface area contributed by atoms with Crippen LogP contribution in [0.2, 0.25) is 0 Å². The standard InChI is InChI=1S/C22H17F3N2O3/c23-22(24,25)30-18-3-1-2-15(12-18)14-27-10-11-29-20-13-17(4-5-19(20)21(27)28)16-6-8-26-9-7-16/h1-9,12-13H,10-11,14H2. The number of benzene rings is 2. The highest BCUT2D eigenvalue weighted by molar-refractivity contribution is 5.98. The fraction of sp³-hybridized carbons (Fsp3) is 0.182. The summed E-state index contributed by atoms with van der Waals surface area (Å²) >= 11 is 0. The van der Waals surface area contributed by atoms with Crippen molar-refractivity contribution in [1.82, 2.24) is 9.88 Å². The summed E-state index contributed by atoms with van der Waals surface area (Å²) in [5.74, 6) is -0.0854. The zero-order valence-corrected chi connectivity index (χ0v) is 15.7. The van der Waals surface area contributed by atoms with E-state index in [1.54, 1.807) is 29.4 Å². The van der Waals surface area contributed by atoms with Crippen molar-refractivity contribution in [3.8, 4) is 22.6 Å². The molecule has 154 valence electrons. The van der Waals surface area contributed by atoms with E-state index >= 15 is 0 Å². The number of pyridine rings is 1. The van der Waals surface area contributed by atoms with Gasteiger partial charge in [-0.15, -0.1) is 13.2 Å². The van der Waals surface area contributed by atoms with E-state index in [-0.39, 0.29) is 24.8 Å². The number of nitrogens with zero attached hydrogens (tertiary/aromatic N) is 2.